The topological polar surface area (TPSA) is 60.9 Å². The maximum Gasteiger partial charge on any atom is 0.156 e. The molecule has 4 nitrogen and oxygen atoms in total. The molecule has 2 aromatic carbocycles. The van der Waals surface area contributed by atoms with Crippen molar-refractivity contribution in [3.8, 4) is 17.0 Å². The molecule has 0 fully saturated rings. The molecule has 0 bridgehead atoms. The quantitative estimate of drug-likeness (QED) is 0.533. The van der Waals surface area contributed by atoms with Crippen LogP contribution in [-0.4, -0.2) is 15.3 Å². The van der Waals surface area contributed by atoms with Gasteiger partial charge in [-0.3, -0.25) is 5.10 Å². The lowest BCUT2D eigenvalue weighted by Crippen LogP contribution is -1.95. The molecule has 1 heterocycles. The van der Waals surface area contributed by atoms with Gasteiger partial charge in [-0.1, -0.05) is 19.1 Å². The van der Waals surface area contributed by atoms with E-state index in [0.717, 1.165) is 35.2 Å². The Morgan fingerprint density at radius 1 is 1.30 bits per heavy atom. The van der Waals surface area contributed by atoms with Crippen molar-refractivity contribution in [2.24, 2.45) is 0 Å². The van der Waals surface area contributed by atoms with Crippen LogP contribution < -0.4 is 5.32 Å². The average molecular weight is 309 g/mol. The van der Waals surface area contributed by atoms with Crippen LogP contribution in [0.1, 0.15) is 23.6 Å². The van der Waals surface area contributed by atoms with Gasteiger partial charge in [-0.05, 0) is 41.8 Å². The van der Waals surface area contributed by atoms with Gasteiger partial charge >= 0.3 is 0 Å². The maximum absolute atomic E-state index is 13.3. The standard InChI is InChI=1S/C18H16FN3O/c1-2-10-6-11-7-15-17(14(11)9-16(10)23)21-22-18(15)20-13-5-3-4-12(19)8-13/h3-6,8-9,23H,2,7H2,1H3,(H2,20,21,22). The summed E-state index contributed by atoms with van der Waals surface area (Å²) in [4.78, 5) is 0. The molecule has 1 aliphatic carbocycles. The molecule has 116 valence electrons. The summed E-state index contributed by atoms with van der Waals surface area (Å²) in [7, 11) is 0. The number of phenolic OH excluding ortho intramolecular Hbond substituents is 1. The predicted molar refractivity (Wildman–Crippen MR) is 87.6 cm³/mol. The van der Waals surface area contributed by atoms with Gasteiger partial charge in [0.2, 0.25) is 0 Å². The minimum absolute atomic E-state index is 0.289. The van der Waals surface area contributed by atoms with E-state index in [1.165, 1.54) is 17.7 Å². The molecule has 1 aliphatic rings. The highest BCUT2D eigenvalue weighted by atomic mass is 19.1. The summed E-state index contributed by atoms with van der Waals surface area (Å²) in [5.74, 6) is 0.718. The minimum atomic E-state index is -0.289. The van der Waals surface area contributed by atoms with Crippen LogP contribution in [0.4, 0.5) is 15.9 Å². The van der Waals surface area contributed by atoms with Crippen LogP contribution in [0.3, 0.4) is 0 Å². The van der Waals surface area contributed by atoms with Crippen molar-refractivity contribution in [1.82, 2.24) is 10.2 Å². The van der Waals surface area contributed by atoms with Crippen molar-refractivity contribution in [1.29, 1.82) is 0 Å². The molecule has 5 heteroatoms. The summed E-state index contributed by atoms with van der Waals surface area (Å²) >= 11 is 0. The Kier molecular flexibility index (Phi) is 3.08. The number of aromatic nitrogens is 2. The molecule has 23 heavy (non-hydrogen) atoms. The molecule has 4 rings (SSSR count). The molecule has 0 atom stereocenters. The van der Waals surface area contributed by atoms with Crippen LogP contribution in [0.2, 0.25) is 0 Å². The summed E-state index contributed by atoms with van der Waals surface area (Å²) in [5, 5.41) is 20.6. The van der Waals surface area contributed by atoms with Gasteiger partial charge in [0.05, 0.1) is 5.69 Å². The molecule has 0 radical (unpaired) electrons. The summed E-state index contributed by atoms with van der Waals surface area (Å²) in [6, 6.07) is 10.1. The Hall–Kier alpha value is -2.82. The molecule has 0 saturated carbocycles. The SMILES string of the molecule is CCc1cc2c(cc1O)-c1[nH]nc(Nc3cccc(F)c3)c1C2. The van der Waals surface area contributed by atoms with Crippen molar-refractivity contribution in [3.63, 3.8) is 0 Å². The molecular formula is C18H16FN3O. The number of aromatic amines is 1. The number of H-pyrrole nitrogens is 1. The molecule has 0 saturated heterocycles. The Bertz CT molecular complexity index is 901. The van der Waals surface area contributed by atoms with Gasteiger partial charge in [0.25, 0.3) is 0 Å². The second kappa shape index (κ2) is 5.12. The van der Waals surface area contributed by atoms with Crippen molar-refractivity contribution >= 4 is 11.5 Å². The predicted octanol–water partition coefficient (Wildman–Crippen LogP) is 4.13. The minimum Gasteiger partial charge on any atom is -0.508 e. The highest BCUT2D eigenvalue weighted by Crippen LogP contribution is 2.42. The zero-order valence-electron chi connectivity index (χ0n) is 12.7. The lowest BCUT2D eigenvalue weighted by Gasteiger charge is -2.06. The Morgan fingerprint density at radius 2 is 2.17 bits per heavy atom. The van der Waals surface area contributed by atoms with Gasteiger partial charge in [-0.2, -0.15) is 5.10 Å². The van der Waals surface area contributed by atoms with Crippen LogP contribution in [-0.2, 0) is 12.8 Å². The van der Waals surface area contributed by atoms with Crippen molar-refractivity contribution in [3.05, 3.63) is 58.9 Å². The van der Waals surface area contributed by atoms with Gasteiger partial charge in [-0.15, -0.1) is 0 Å². The molecule has 0 aliphatic heterocycles. The lowest BCUT2D eigenvalue weighted by molar-refractivity contribution is 0.469. The van der Waals surface area contributed by atoms with Gasteiger partial charge in [-0.25, -0.2) is 4.39 Å². The van der Waals surface area contributed by atoms with Crippen LogP contribution in [0.5, 0.6) is 5.75 Å². The Morgan fingerprint density at radius 3 is 2.96 bits per heavy atom. The van der Waals surface area contributed by atoms with E-state index in [1.807, 2.05) is 13.0 Å². The first kappa shape index (κ1) is 13.8. The number of benzene rings is 2. The second-order valence-electron chi connectivity index (χ2n) is 5.73. The third-order valence-corrected chi connectivity index (χ3v) is 4.28. The largest absolute Gasteiger partial charge is 0.508 e. The highest BCUT2D eigenvalue weighted by molar-refractivity contribution is 5.81. The third-order valence-electron chi connectivity index (χ3n) is 4.28. The summed E-state index contributed by atoms with van der Waals surface area (Å²) in [6.07, 6.45) is 1.53. The van der Waals surface area contributed by atoms with Crippen LogP contribution in [0.25, 0.3) is 11.3 Å². The van der Waals surface area contributed by atoms with E-state index in [4.69, 9.17) is 0 Å². The number of phenols is 1. The van der Waals surface area contributed by atoms with Crippen LogP contribution >= 0.6 is 0 Å². The molecule has 0 unspecified atom stereocenters. The number of rotatable bonds is 3. The molecule has 0 spiro atoms. The first-order valence-electron chi connectivity index (χ1n) is 7.60. The smallest absolute Gasteiger partial charge is 0.156 e. The monoisotopic (exact) mass is 309 g/mol. The molecular weight excluding hydrogens is 293 g/mol. The molecule has 0 amide bonds. The number of aryl methyl sites for hydroxylation is 1. The van der Waals surface area contributed by atoms with E-state index >= 15 is 0 Å². The molecule has 3 aromatic rings. The van der Waals surface area contributed by atoms with E-state index in [0.29, 0.717) is 17.3 Å². The van der Waals surface area contributed by atoms with E-state index in [1.54, 1.807) is 18.2 Å². The van der Waals surface area contributed by atoms with E-state index < -0.39 is 0 Å². The fourth-order valence-electron chi connectivity index (χ4n) is 3.10. The van der Waals surface area contributed by atoms with Crippen molar-refractivity contribution in [2.45, 2.75) is 19.8 Å². The Labute approximate surface area is 133 Å². The highest BCUT2D eigenvalue weighted by Gasteiger charge is 2.26. The first-order valence-corrected chi connectivity index (χ1v) is 7.60. The number of hydrogen-bond donors (Lipinski definition) is 3. The number of anilines is 2. The van der Waals surface area contributed by atoms with Crippen LogP contribution in [0.15, 0.2) is 36.4 Å². The fourth-order valence-corrected chi connectivity index (χ4v) is 3.10. The number of nitrogens with zero attached hydrogens (tertiary/aromatic N) is 1. The van der Waals surface area contributed by atoms with E-state index in [2.05, 4.69) is 15.5 Å². The Balaban J connectivity index is 1.71. The van der Waals surface area contributed by atoms with Crippen LogP contribution in [0, 0.1) is 5.82 Å². The lowest BCUT2D eigenvalue weighted by atomic mass is 10.0. The van der Waals surface area contributed by atoms with E-state index in [-0.39, 0.29) is 5.82 Å². The van der Waals surface area contributed by atoms with Gasteiger partial charge < -0.3 is 10.4 Å². The van der Waals surface area contributed by atoms with E-state index in [9.17, 15) is 9.50 Å². The zero-order valence-corrected chi connectivity index (χ0v) is 12.7. The number of nitrogens with one attached hydrogen (secondary N) is 2. The maximum atomic E-state index is 13.3. The molecule has 1 aromatic heterocycles. The average Bonchev–Trinajstić information content (AvgIpc) is 3.07. The third kappa shape index (κ3) is 2.25. The summed E-state index contributed by atoms with van der Waals surface area (Å²) in [6.45, 7) is 2.02. The normalized spacial score (nSPS) is 12.1. The molecule has 3 N–H and O–H groups in total. The number of hydrogen-bond acceptors (Lipinski definition) is 3. The zero-order chi connectivity index (χ0) is 16.0. The fraction of sp³-hybridized carbons (Fsp3) is 0.167. The summed E-state index contributed by atoms with van der Waals surface area (Å²) in [5.41, 5.74) is 5.71. The second-order valence-corrected chi connectivity index (χ2v) is 5.73. The van der Waals surface area contributed by atoms with Gasteiger partial charge in [0.15, 0.2) is 5.82 Å². The number of halogens is 1. The van der Waals surface area contributed by atoms with Crippen molar-refractivity contribution in [2.75, 3.05) is 5.32 Å². The summed E-state index contributed by atoms with van der Waals surface area (Å²) < 4.78 is 13.3. The van der Waals surface area contributed by atoms with Crippen molar-refractivity contribution < 1.29 is 9.50 Å². The van der Waals surface area contributed by atoms with Gasteiger partial charge in [0, 0.05) is 23.2 Å². The number of fused-ring (bicyclic) bond motifs is 3. The number of aromatic hydroxyl groups is 1. The first-order chi connectivity index (χ1) is 11.2. The van der Waals surface area contributed by atoms with Gasteiger partial charge in [0.1, 0.15) is 11.6 Å².